The van der Waals surface area contributed by atoms with Crippen molar-refractivity contribution >= 4 is 11.7 Å². The first-order chi connectivity index (χ1) is 14.1. The summed E-state index contributed by atoms with van der Waals surface area (Å²) in [6.45, 7) is 10.4. The Morgan fingerprint density at radius 3 is 2.60 bits per heavy atom. The van der Waals surface area contributed by atoms with Gasteiger partial charge < -0.3 is 20.3 Å². The minimum atomic E-state index is -1.23. The number of aliphatic hydroxyl groups excluding tert-OH is 2. The predicted octanol–water partition coefficient (Wildman–Crippen LogP) is 2.14. The Morgan fingerprint density at radius 1 is 1.23 bits per heavy atom. The summed E-state index contributed by atoms with van der Waals surface area (Å²) in [7, 11) is 0. The van der Waals surface area contributed by atoms with Gasteiger partial charge in [0.05, 0.1) is 6.10 Å². The maximum Gasteiger partial charge on any atom is 0.235 e. The molecule has 6 heteroatoms. The molecule has 9 atom stereocenters. The van der Waals surface area contributed by atoms with E-state index in [1.54, 1.807) is 0 Å². The molecule has 166 valence electrons. The van der Waals surface area contributed by atoms with Crippen molar-refractivity contribution in [3.8, 4) is 0 Å². The summed E-state index contributed by atoms with van der Waals surface area (Å²) in [5.41, 5.74) is 0.993. The van der Waals surface area contributed by atoms with Gasteiger partial charge in [0, 0.05) is 17.9 Å². The zero-order chi connectivity index (χ0) is 22.0. The lowest BCUT2D eigenvalue weighted by Gasteiger charge is -2.44. The van der Waals surface area contributed by atoms with E-state index in [0.29, 0.717) is 18.8 Å². The highest BCUT2D eigenvalue weighted by atomic mass is 16.6. The number of rotatable bonds is 2. The maximum atomic E-state index is 14.0. The fourth-order valence-corrected chi connectivity index (χ4v) is 6.13. The molecule has 2 aliphatic carbocycles. The largest absolute Gasteiger partial charge is 0.390 e. The van der Waals surface area contributed by atoms with Gasteiger partial charge >= 0.3 is 0 Å². The van der Waals surface area contributed by atoms with Gasteiger partial charge in [0.2, 0.25) is 5.91 Å². The van der Waals surface area contributed by atoms with Gasteiger partial charge in [-0.2, -0.15) is 0 Å². The van der Waals surface area contributed by atoms with Gasteiger partial charge in [-0.3, -0.25) is 9.59 Å². The summed E-state index contributed by atoms with van der Waals surface area (Å²) in [5, 5.41) is 24.0. The Labute approximate surface area is 178 Å². The first-order valence-electron chi connectivity index (χ1n) is 11.3. The minimum absolute atomic E-state index is 0.0749. The SMILES string of the molecule is CC1=C[C@H]2/C=C(\C)CC[C@H](O)[C@H](O)[C@@H]3O[C@@H]3C(=O)[C@@]23C(=O)N[C@H](CC(C)C)[C@H]3[C@H]1C. The Balaban J connectivity index is 1.87. The molecule has 3 N–H and O–H groups in total. The number of carbonyl (C=O) groups excluding carboxylic acids is 2. The van der Waals surface area contributed by atoms with Crippen molar-refractivity contribution in [1.29, 1.82) is 0 Å². The summed E-state index contributed by atoms with van der Waals surface area (Å²) < 4.78 is 5.61. The van der Waals surface area contributed by atoms with Crippen LogP contribution >= 0.6 is 0 Å². The molecule has 2 saturated heterocycles. The zero-order valence-electron chi connectivity index (χ0n) is 18.6. The molecule has 2 heterocycles. The summed E-state index contributed by atoms with van der Waals surface area (Å²) in [4.78, 5) is 27.6. The lowest BCUT2D eigenvalue weighted by Crippen LogP contribution is -2.54. The summed E-state index contributed by atoms with van der Waals surface area (Å²) >= 11 is 0. The number of Topliss-reactive ketones (excluding diaryl/α,β-unsaturated/α-hetero) is 1. The number of fused-ring (bicyclic) bond motifs is 1. The van der Waals surface area contributed by atoms with E-state index in [0.717, 1.165) is 12.0 Å². The molecule has 0 aromatic rings. The molecule has 4 rings (SSSR count). The van der Waals surface area contributed by atoms with Crippen LogP contribution in [0.2, 0.25) is 0 Å². The van der Waals surface area contributed by atoms with Crippen molar-refractivity contribution in [2.24, 2.45) is 29.1 Å². The molecule has 1 amide bonds. The number of epoxide rings is 1. The number of aliphatic hydroxyl groups is 2. The Morgan fingerprint density at radius 2 is 1.93 bits per heavy atom. The van der Waals surface area contributed by atoms with E-state index in [1.165, 1.54) is 5.57 Å². The van der Waals surface area contributed by atoms with Crippen LogP contribution in [0.25, 0.3) is 0 Å². The van der Waals surface area contributed by atoms with Crippen molar-refractivity contribution in [3.63, 3.8) is 0 Å². The quantitative estimate of drug-likeness (QED) is 0.363. The van der Waals surface area contributed by atoms with Gasteiger partial charge in [-0.05, 0) is 44.9 Å². The van der Waals surface area contributed by atoms with E-state index in [9.17, 15) is 19.8 Å². The van der Waals surface area contributed by atoms with E-state index in [2.05, 4.69) is 39.1 Å². The molecule has 30 heavy (non-hydrogen) atoms. The van der Waals surface area contributed by atoms with Gasteiger partial charge in [0.15, 0.2) is 5.78 Å². The summed E-state index contributed by atoms with van der Waals surface area (Å²) in [6, 6.07) is -0.0749. The smallest absolute Gasteiger partial charge is 0.235 e. The number of ether oxygens (including phenoxy) is 1. The Kier molecular flexibility index (Phi) is 5.48. The third-order valence-electron chi connectivity index (χ3n) is 7.82. The average Bonchev–Trinajstić information content (AvgIpc) is 3.41. The highest BCUT2D eigenvalue weighted by molar-refractivity contribution is 6.12. The van der Waals surface area contributed by atoms with Crippen molar-refractivity contribution in [2.45, 2.75) is 84.3 Å². The van der Waals surface area contributed by atoms with Gasteiger partial charge in [-0.25, -0.2) is 0 Å². The fourth-order valence-electron chi connectivity index (χ4n) is 6.13. The second-order valence-electron chi connectivity index (χ2n) is 10.3. The number of hydrogen-bond donors (Lipinski definition) is 3. The van der Waals surface area contributed by atoms with Crippen LogP contribution in [0.3, 0.4) is 0 Å². The second kappa shape index (κ2) is 7.57. The van der Waals surface area contributed by atoms with Crippen LogP contribution in [-0.4, -0.2) is 52.4 Å². The Bertz CT molecular complexity index is 801. The van der Waals surface area contributed by atoms with Crippen molar-refractivity contribution < 1.29 is 24.5 Å². The summed E-state index contributed by atoms with van der Waals surface area (Å²) in [6.07, 6.45) is 2.29. The molecule has 2 fully saturated rings. The van der Waals surface area contributed by atoms with Gasteiger partial charge in [0.25, 0.3) is 0 Å². The highest BCUT2D eigenvalue weighted by Gasteiger charge is 2.70. The van der Waals surface area contributed by atoms with E-state index in [-0.39, 0.29) is 35.5 Å². The molecule has 1 spiro atoms. The van der Waals surface area contributed by atoms with E-state index in [1.807, 2.05) is 13.0 Å². The normalized spacial score (nSPS) is 47.9. The number of amides is 1. The van der Waals surface area contributed by atoms with E-state index < -0.39 is 29.8 Å². The van der Waals surface area contributed by atoms with E-state index in [4.69, 9.17) is 4.74 Å². The molecule has 0 unspecified atom stereocenters. The van der Waals surface area contributed by atoms with Crippen LogP contribution in [0, 0.1) is 29.1 Å². The Hall–Kier alpha value is -1.50. The third kappa shape index (κ3) is 3.19. The maximum absolute atomic E-state index is 14.0. The molecule has 0 saturated carbocycles. The third-order valence-corrected chi connectivity index (χ3v) is 7.82. The molecule has 0 radical (unpaired) electrons. The standard InChI is InChI=1S/C24H35NO5/c1-11(2)8-16-18-14(5)13(4)10-15-9-12(3)6-7-17(26)19(27)20-21(30-20)22(28)24(15,18)23(29)25-16/h9-11,14-21,26-27H,6-8H2,1-5H3,(H,25,29)/b12-9+/t14-,15+,16+,17-,18+,19-,20-,21-,24+/m0/s1. The van der Waals surface area contributed by atoms with Crippen molar-refractivity contribution in [2.75, 3.05) is 0 Å². The van der Waals surface area contributed by atoms with Crippen LogP contribution in [0.4, 0.5) is 0 Å². The van der Waals surface area contributed by atoms with Crippen LogP contribution in [0.1, 0.15) is 53.9 Å². The topological polar surface area (TPSA) is 99.2 Å². The second-order valence-corrected chi connectivity index (χ2v) is 10.3. The minimum Gasteiger partial charge on any atom is -0.390 e. The molecular formula is C24H35NO5. The van der Waals surface area contributed by atoms with Crippen molar-refractivity contribution in [3.05, 3.63) is 23.3 Å². The van der Waals surface area contributed by atoms with Gasteiger partial charge in [-0.1, -0.05) is 44.1 Å². The summed E-state index contributed by atoms with van der Waals surface area (Å²) in [5.74, 6) is -0.485. The molecular weight excluding hydrogens is 382 g/mol. The molecule has 0 aromatic carbocycles. The first kappa shape index (κ1) is 21.7. The number of nitrogens with one attached hydrogen (secondary N) is 1. The fraction of sp³-hybridized carbons (Fsp3) is 0.750. The lowest BCUT2D eigenvalue weighted by molar-refractivity contribution is -0.146. The van der Waals surface area contributed by atoms with Crippen molar-refractivity contribution in [1.82, 2.24) is 5.32 Å². The van der Waals surface area contributed by atoms with Crippen LogP contribution in [0.5, 0.6) is 0 Å². The molecule has 6 nitrogen and oxygen atoms in total. The number of allylic oxidation sites excluding steroid dienone is 4. The van der Waals surface area contributed by atoms with Gasteiger partial charge in [0.1, 0.15) is 23.7 Å². The highest BCUT2D eigenvalue weighted by Crippen LogP contribution is 2.57. The number of ketones is 1. The predicted molar refractivity (Wildman–Crippen MR) is 112 cm³/mol. The first-order valence-corrected chi connectivity index (χ1v) is 11.3. The number of hydrogen-bond acceptors (Lipinski definition) is 5. The van der Waals surface area contributed by atoms with Crippen LogP contribution in [-0.2, 0) is 14.3 Å². The molecule has 2 aliphatic heterocycles. The van der Waals surface area contributed by atoms with E-state index >= 15 is 0 Å². The van der Waals surface area contributed by atoms with Gasteiger partial charge in [-0.15, -0.1) is 0 Å². The number of carbonyl (C=O) groups is 2. The lowest BCUT2D eigenvalue weighted by atomic mass is 9.54. The monoisotopic (exact) mass is 417 g/mol. The zero-order valence-corrected chi connectivity index (χ0v) is 18.6. The molecule has 4 aliphatic rings. The average molecular weight is 418 g/mol. The van der Waals surface area contributed by atoms with Crippen LogP contribution < -0.4 is 5.32 Å². The molecule has 0 bridgehead atoms. The molecule has 0 aromatic heterocycles. The van der Waals surface area contributed by atoms with Crippen LogP contribution in [0.15, 0.2) is 23.3 Å².